The van der Waals surface area contributed by atoms with E-state index >= 15 is 0 Å². The third-order valence-corrected chi connectivity index (χ3v) is 5.81. The zero-order valence-corrected chi connectivity index (χ0v) is 15.9. The fourth-order valence-corrected chi connectivity index (χ4v) is 4.03. The quantitative estimate of drug-likeness (QED) is 0.550. The number of morpholine rings is 1. The van der Waals surface area contributed by atoms with Crippen LogP contribution in [-0.2, 0) is 11.2 Å². The third-order valence-electron chi connectivity index (χ3n) is 4.87. The summed E-state index contributed by atoms with van der Waals surface area (Å²) in [6.07, 6.45) is 3.31. The van der Waals surface area contributed by atoms with Gasteiger partial charge in [-0.1, -0.05) is 43.0 Å². The fraction of sp³-hybridized carbons (Fsp3) is 0.526. The van der Waals surface area contributed by atoms with Crippen LogP contribution in [0.1, 0.15) is 41.7 Å². The minimum atomic E-state index is 0.135. The molecule has 0 bridgehead atoms. The Hall–Kier alpha value is -1.86. The summed E-state index contributed by atoms with van der Waals surface area (Å²) in [5.41, 5.74) is 2.01. The highest BCUT2D eigenvalue weighted by atomic mass is 32.2. The number of ether oxygens (including phenoxy) is 1. The van der Waals surface area contributed by atoms with Crippen LogP contribution in [0.25, 0.3) is 0 Å². The normalized spacial score (nSPS) is 17.5. The fourth-order valence-electron chi connectivity index (χ4n) is 3.14. The number of nitrogens with zero attached hydrogens (tertiary/aromatic N) is 4. The van der Waals surface area contributed by atoms with Gasteiger partial charge >= 0.3 is 0 Å². The van der Waals surface area contributed by atoms with Gasteiger partial charge in [0.15, 0.2) is 10.9 Å². The average Bonchev–Trinajstić information content (AvgIpc) is 3.45. The second-order valence-electron chi connectivity index (χ2n) is 6.75. The topological polar surface area (TPSA) is 60.3 Å². The first kappa shape index (κ1) is 17.5. The molecule has 0 atom stereocenters. The summed E-state index contributed by atoms with van der Waals surface area (Å²) in [6, 6.07) is 8.38. The number of ketones is 1. The zero-order chi connectivity index (χ0) is 17.9. The van der Waals surface area contributed by atoms with Gasteiger partial charge in [-0.15, -0.1) is 10.2 Å². The number of carbonyl (C=O) groups excluding carboxylic acids is 1. The van der Waals surface area contributed by atoms with Gasteiger partial charge < -0.3 is 9.64 Å². The van der Waals surface area contributed by atoms with Crippen LogP contribution in [0.3, 0.4) is 0 Å². The number of benzene rings is 1. The van der Waals surface area contributed by atoms with E-state index in [1.165, 1.54) is 17.3 Å². The van der Waals surface area contributed by atoms with Gasteiger partial charge in [0.05, 0.1) is 19.0 Å². The maximum absolute atomic E-state index is 12.5. The van der Waals surface area contributed by atoms with Crippen molar-refractivity contribution in [1.29, 1.82) is 0 Å². The van der Waals surface area contributed by atoms with Crippen molar-refractivity contribution in [2.75, 3.05) is 37.0 Å². The smallest absolute Gasteiger partial charge is 0.228 e. The molecule has 1 aliphatic heterocycles. The molecular formula is C19H24N4O2S. The monoisotopic (exact) mass is 372 g/mol. The Labute approximate surface area is 157 Å². The van der Waals surface area contributed by atoms with Gasteiger partial charge in [0.2, 0.25) is 5.95 Å². The van der Waals surface area contributed by atoms with E-state index in [1.54, 1.807) is 0 Å². The van der Waals surface area contributed by atoms with Crippen LogP contribution < -0.4 is 4.90 Å². The van der Waals surface area contributed by atoms with Gasteiger partial charge in [-0.2, -0.15) is 0 Å². The molecule has 1 saturated carbocycles. The van der Waals surface area contributed by atoms with Crippen molar-refractivity contribution in [2.45, 2.75) is 37.4 Å². The third kappa shape index (κ3) is 3.78. The van der Waals surface area contributed by atoms with Crippen molar-refractivity contribution < 1.29 is 9.53 Å². The maximum atomic E-state index is 12.5. The molecule has 1 saturated heterocycles. The number of carbonyl (C=O) groups is 1. The summed E-state index contributed by atoms with van der Waals surface area (Å²) in [5, 5.41) is 9.67. The Bertz CT molecular complexity index is 764. The molecule has 6 nitrogen and oxygen atoms in total. The molecule has 2 aliphatic rings. The van der Waals surface area contributed by atoms with Crippen LogP contribution in [0.15, 0.2) is 29.4 Å². The molecule has 0 amide bonds. The van der Waals surface area contributed by atoms with Crippen molar-refractivity contribution in [3.63, 3.8) is 0 Å². The maximum Gasteiger partial charge on any atom is 0.228 e. The highest BCUT2D eigenvalue weighted by Gasteiger charge is 2.32. The molecule has 0 spiro atoms. The Morgan fingerprint density at radius 2 is 1.92 bits per heavy atom. The van der Waals surface area contributed by atoms with Crippen LogP contribution in [0, 0.1) is 0 Å². The first-order valence-corrected chi connectivity index (χ1v) is 10.3. The Balaban J connectivity index is 1.45. The lowest BCUT2D eigenvalue weighted by Gasteiger charge is -2.27. The van der Waals surface area contributed by atoms with Crippen LogP contribution in [0.5, 0.6) is 0 Å². The first-order chi connectivity index (χ1) is 12.8. The number of thioether (sulfide) groups is 1. The predicted octanol–water partition coefficient (Wildman–Crippen LogP) is 2.99. The lowest BCUT2D eigenvalue weighted by molar-refractivity contribution is 0.102. The zero-order valence-electron chi connectivity index (χ0n) is 15.1. The lowest BCUT2D eigenvalue weighted by atomic mass is 10.1. The van der Waals surface area contributed by atoms with E-state index in [0.717, 1.165) is 62.2 Å². The molecular weight excluding hydrogens is 348 g/mol. The first-order valence-electron chi connectivity index (χ1n) is 9.29. The molecule has 0 radical (unpaired) electrons. The van der Waals surface area contributed by atoms with E-state index in [1.807, 2.05) is 24.3 Å². The number of aryl methyl sites for hydroxylation is 1. The average molecular weight is 372 g/mol. The summed E-state index contributed by atoms with van der Waals surface area (Å²) >= 11 is 1.49. The number of anilines is 1. The number of hydrogen-bond donors (Lipinski definition) is 0. The Kier molecular flexibility index (Phi) is 5.26. The summed E-state index contributed by atoms with van der Waals surface area (Å²) in [7, 11) is 0. The van der Waals surface area contributed by atoms with Gasteiger partial charge in [-0.3, -0.25) is 9.36 Å². The van der Waals surface area contributed by atoms with Crippen LogP contribution >= 0.6 is 11.8 Å². The van der Waals surface area contributed by atoms with Gasteiger partial charge in [0, 0.05) is 24.7 Å². The molecule has 2 heterocycles. The molecule has 7 heteroatoms. The predicted molar refractivity (Wildman–Crippen MR) is 102 cm³/mol. The molecule has 138 valence electrons. The minimum Gasteiger partial charge on any atom is -0.378 e. The largest absolute Gasteiger partial charge is 0.378 e. The van der Waals surface area contributed by atoms with Gasteiger partial charge in [-0.25, -0.2) is 0 Å². The highest BCUT2D eigenvalue weighted by Crippen LogP contribution is 2.41. The summed E-state index contributed by atoms with van der Waals surface area (Å²) in [5.74, 6) is 1.45. The van der Waals surface area contributed by atoms with E-state index in [9.17, 15) is 4.79 Å². The summed E-state index contributed by atoms with van der Waals surface area (Å²) < 4.78 is 7.67. The second-order valence-corrected chi connectivity index (χ2v) is 7.69. The van der Waals surface area contributed by atoms with Crippen molar-refractivity contribution in [3.8, 4) is 0 Å². The molecule has 0 unspecified atom stereocenters. The number of hydrogen-bond acceptors (Lipinski definition) is 6. The minimum absolute atomic E-state index is 0.135. The van der Waals surface area contributed by atoms with E-state index < -0.39 is 0 Å². The van der Waals surface area contributed by atoms with Gasteiger partial charge in [-0.05, 0) is 24.8 Å². The standard InChI is InChI=1S/C19H24N4O2S/c1-2-14-3-5-15(6-4-14)17(24)13-26-19-21-20-18(23(19)16-7-8-16)22-9-11-25-12-10-22/h3-6,16H,2,7-13H2,1H3. The Morgan fingerprint density at radius 3 is 2.58 bits per heavy atom. The number of rotatable bonds is 7. The molecule has 2 fully saturated rings. The van der Waals surface area contributed by atoms with Crippen LogP contribution in [0.2, 0.25) is 0 Å². The molecule has 2 aromatic rings. The van der Waals surface area contributed by atoms with Crippen molar-refractivity contribution in [2.24, 2.45) is 0 Å². The lowest BCUT2D eigenvalue weighted by Crippen LogP contribution is -2.38. The molecule has 0 N–H and O–H groups in total. The van der Waals surface area contributed by atoms with E-state index in [-0.39, 0.29) is 5.78 Å². The number of aromatic nitrogens is 3. The summed E-state index contributed by atoms with van der Waals surface area (Å²) in [6.45, 7) is 5.26. The molecule has 1 aromatic heterocycles. The van der Waals surface area contributed by atoms with Crippen LogP contribution in [-0.4, -0.2) is 52.6 Å². The summed E-state index contributed by atoms with van der Waals surface area (Å²) in [4.78, 5) is 14.8. The van der Waals surface area contributed by atoms with Gasteiger partial charge in [0.1, 0.15) is 0 Å². The van der Waals surface area contributed by atoms with Crippen LogP contribution in [0.4, 0.5) is 5.95 Å². The molecule has 4 rings (SSSR count). The van der Waals surface area contributed by atoms with Crippen molar-refractivity contribution in [1.82, 2.24) is 14.8 Å². The molecule has 1 aromatic carbocycles. The van der Waals surface area contributed by atoms with Gasteiger partial charge in [0.25, 0.3) is 0 Å². The van der Waals surface area contributed by atoms with E-state index in [2.05, 4.69) is 26.6 Å². The highest BCUT2D eigenvalue weighted by molar-refractivity contribution is 7.99. The Morgan fingerprint density at radius 1 is 1.19 bits per heavy atom. The van der Waals surface area contributed by atoms with Crippen molar-refractivity contribution in [3.05, 3.63) is 35.4 Å². The van der Waals surface area contributed by atoms with Crippen molar-refractivity contribution >= 4 is 23.5 Å². The second kappa shape index (κ2) is 7.80. The van der Waals surface area contributed by atoms with E-state index in [0.29, 0.717) is 11.8 Å². The molecule has 1 aliphatic carbocycles. The number of Topliss-reactive ketones (excluding diaryl/α,β-unsaturated/α-hetero) is 1. The SMILES string of the molecule is CCc1ccc(C(=O)CSc2nnc(N3CCOCC3)n2C2CC2)cc1. The molecule has 26 heavy (non-hydrogen) atoms. The van der Waals surface area contributed by atoms with E-state index in [4.69, 9.17) is 4.74 Å².